The monoisotopic (exact) mass is 275 g/mol. The van der Waals surface area contributed by atoms with Crippen LogP contribution >= 0.6 is 0 Å². The SMILES string of the molecule is COC(=O)[C@@H]1C[C@H](C(=O)O)ON1C(=O)OC(C)(C)C. The zero-order valence-corrected chi connectivity index (χ0v) is 11.2. The number of amides is 1. The lowest BCUT2D eigenvalue weighted by Crippen LogP contribution is -2.43. The van der Waals surface area contributed by atoms with Gasteiger partial charge in [-0.2, -0.15) is 5.06 Å². The molecule has 1 fully saturated rings. The third kappa shape index (κ3) is 3.82. The van der Waals surface area contributed by atoms with Gasteiger partial charge in [-0.1, -0.05) is 0 Å². The zero-order valence-electron chi connectivity index (χ0n) is 11.2. The van der Waals surface area contributed by atoms with Crippen LogP contribution in [0.4, 0.5) is 4.79 Å². The molecule has 1 aliphatic rings. The Kier molecular flexibility index (Phi) is 4.35. The average molecular weight is 275 g/mol. The number of carboxylic acid groups (broad SMARTS) is 1. The van der Waals surface area contributed by atoms with Crippen molar-refractivity contribution >= 4 is 18.0 Å². The van der Waals surface area contributed by atoms with Crippen molar-refractivity contribution in [3.05, 3.63) is 0 Å². The second-order valence-corrected chi connectivity index (χ2v) is 5.01. The van der Waals surface area contributed by atoms with Gasteiger partial charge in [0.2, 0.25) is 0 Å². The number of ether oxygens (including phenoxy) is 2. The lowest BCUT2D eigenvalue weighted by atomic mass is 10.1. The third-order valence-corrected chi connectivity index (χ3v) is 2.28. The van der Waals surface area contributed by atoms with E-state index in [1.165, 1.54) is 0 Å². The number of hydrogen-bond acceptors (Lipinski definition) is 6. The van der Waals surface area contributed by atoms with E-state index < -0.39 is 35.8 Å². The molecule has 0 unspecified atom stereocenters. The molecule has 19 heavy (non-hydrogen) atoms. The van der Waals surface area contributed by atoms with Crippen LogP contribution in [0, 0.1) is 0 Å². The molecule has 0 aromatic rings. The van der Waals surface area contributed by atoms with Crippen molar-refractivity contribution in [3.8, 4) is 0 Å². The molecule has 0 aromatic heterocycles. The van der Waals surface area contributed by atoms with E-state index in [0.717, 1.165) is 7.11 Å². The van der Waals surface area contributed by atoms with E-state index in [1.807, 2.05) is 0 Å². The molecule has 0 radical (unpaired) electrons. The number of carbonyl (C=O) groups excluding carboxylic acids is 2. The van der Waals surface area contributed by atoms with Crippen LogP contribution in [0.1, 0.15) is 27.2 Å². The summed E-state index contributed by atoms with van der Waals surface area (Å²) < 4.78 is 9.55. The fourth-order valence-corrected chi connectivity index (χ4v) is 1.50. The van der Waals surface area contributed by atoms with Gasteiger partial charge >= 0.3 is 18.0 Å². The number of hydrogen-bond donors (Lipinski definition) is 1. The van der Waals surface area contributed by atoms with Gasteiger partial charge in [-0.25, -0.2) is 14.4 Å². The van der Waals surface area contributed by atoms with Crippen LogP contribution in [0.2, 0.25) is 0 Å². The highest BCUT2D eigenvalue weighted by Crippen LogP contribution is 2.24. The lowest BCUT2D eigenvalue weighted by Gasteiger charge is -2.25. The summed E-state index contributed by atoms with van der Waals surface area (Å²) in [6.07, 6.45) is -2.38. The Labute approximate surface area is 110 Å². The molecule has 1 N–H and O–H groups in total. The van der Waals surface area contributed by atoms with Gasteiger partial charge in [-0.3, -0.25) is 4.84 Å². The van der Waals surface area contributed by atoms with E-state index in [9.17, 15) is 14.4 Å². The minimum absolute atomic E-state index is 0.179. The maximum atomic E-state index is 11.8. The molecule has 8 nitrogen and oxygen atoms in total. The lowest BCUT2D eigenvalue weighted by molar-refractivity contribution is -0.183. The number of carbonyl (C=O) groups is 3. The minimum Gasteiger partial charge on any atom is -0.479 e. The summed E-state index contributed by atoms with van der Waals surface area (Å²) >= 11 is 0. The largest absolute Gasteiger partial charge is 0.479 e. The molecule has 1 heterocycles. The number of carboxylic acids is 1. The van der Waals surface area contributed by atoms with Crippen molar-refractivity contribution in [1.82, 2.24) is 5.06 Å². The highest BCUT2D eigenvalue weighted by molar-refractivity contribution is 5.83. The van der Waals surface area contributed by atoms with Crippen LogP contribution in [0.5, 0.6) is 0 Å². The van der Waals surface area contributed by atoms with Crippen molar-refractivity contribution in [2.75, 3.05) is 7.11 Å². The Morgan fingerprint density at radius 2 is 1.89 bits per heavy atom. The second kappa shape index (κ2) is 5.43. The fraction of sp³-hybridized carbons (Fsp3) is 0.727. The summed E-state index contributed by atoms with van der Waals surface area (Å²) in [7, 11) is 1.14. The summed E-state index contributed by atoms with van der Waals surface area (Å²) in [5.41, 5.74) is -0.789. The van der Waals surface area contributed by atoms with Crippen molar-refractivity contribution in [2.45, 2.75) is 44.9 Å². The summed E-state index contributed by atoms with van der Waals surface area (Å²) in [6.45, 7) is 4.92. The maximum Gasteiger partial charge on any atom is 0.435 e. The van der Waals surface area contributed by atoms with Crippen LogP contribution in [-0.4, -0.2) is 53.1 Å². The molecule has 2 atom stereocenters. The van der Waals surface area contributed by atoms with Crippen LogP contribution in [0.25, 0.3) is 0 Å². The van der Waals surface area contributed by atoms with Crippen molar-refractivity contribution in [2.24, 2.45) is 0 Å². The van der Waals surface area contributed by atoms with E-state index in [4.69, 9.17) is 14.7 Å². The second-order valence-electron chi connectivity index (χ2n) is 5.01. The minimum atomic E-state index is -1.28. The predicted octanol–water partition coefficient (Wildman–Crippen LogP) is 0.554. The summed E-state index contributed by atoms with van der Waals surface area (Å²) in [5, 5.41) is 9.48. The number of aliphatic carboxylic acids is 1. The van der Waals surface area contributed by atoms with Gasteiger partial charge < -0.3 is 14.6 Å². The molecule has 108 valence electrons. The number of rotatable bonds is 2. The molecule has 1 rings (SSSR count). The maximum absolute atomic E-state index is 11.8. The quantitative estimate of drug-likeness (QED) is 0.734. The van der Waals surface area contributed by atoms with Gasteiger partial charge in [0.15, 0.2) is 12.1 Å². The van der Waals surface area contributed by atoms with Crippen LogP contribution < -0.4 is 0 Å². The normalized spacial score (nSPS) is 23.1. The van der Waals surface area contributed by atoms with Gasteiger partial charge in [0.25, 0.3) is 0 Å². The van der Waals surface area contributed by atoms with E-state index >= 15 is 0 Å². The number of methoxy groups -OCH3 is 1. The summed E-state index contributed by atoms with van der Waals surface area (Å²) in [5.74, 6) is -2.02. The van der Waals surface area contributed by atoms with Gasteiger partial charge in [0.05, 0.1) is 7.11 Å². The van der Waals surface area contributed by atoms with Gasteiger partial charge in [0, 0.05) is 6.42 Å². The fourth-order valence-electron chi connectivity index (χ4n) is 1.50. The first-order valence-corrected chi connectivity index (χ1v) is 5.65. The third-order valence-electron chi connectivity index (χ3n) is 2.28. The summed E-state index contributed by atoms with van der Waals surface area (Å²) in [4.78, 5) is 39.1. The molecular weight excluding hydrogens is 258 g/mol. The van der Waals surface area contributed by atoms with Gasteiger partial charge in [-0.05, 0) is 20.8 Å². The van der Waals surface area contributed by atoms with E-state index in [2.05, 4.69) is 4.74 Å². The first-order valence-electron chi connectivity index (χ1n) is 5.65. The van der Waals surface area contributed by atoms with Gasteiger partial charge in [-0.15, -0.1) is 0 Å². The number of esters is 1. The van der Waals surface area contributed by atoms with Crippen molar-refractivity contribution < 1.29 is 33.8 Å². The van der Waals surface area contributed by atoms with Crippen LogP contribution in [0.3, 0.4) is 0 Å². The van der Waals surface area contributed by atoms with Crippen LogP contribution in [-0.2, 0) is 23.9 Å². The average Bonchev–Trinajstić information content (AvgIpc) is 2.70. The molecule has 0 aliphatic carbocycles. The van der Waals surface area contributed by atoms with E-state index in [-0.39, 0.29) is 6.42 Å². The first kappa shape index (κ1) is 15.2. The first-order chi connectivity index (χ1) is 8.65. The van der Waals surface area contributed by atoms with Crippen molar-refractivity contribution in [1.29, 1.82) is 0 Å². The molecule has 1 aliphatic heterocycles. The predicted molar refractivity (Wildman–Crippen MR) is 61.0 cm³/mol. The molecule has 1 amide bonds. The standard InChI is InChI=1S/C11H17NO7/c1-11(2,3)18-10(16)12-6(9(15)17-4)5-7(19-12)8(13)14/h6-7H,5H2,1-4H3,(H,13,14)/t6-,7+/m0/s1. The molecular formula is C11H17NO7. The zero-order chi connectivity index (χ0) is 14.8. The Morgan fingerprint density at radius 1 is 1.32 bits per heavy atom. The molecule has 0 spiro atoms. The molecule has 1 saturated heterocycles. The van der Waals surface area contributed by atoms with Crippen molar-refractivity contribution in [3.63, 3.8) is 0 Å². The molecule has 8 heteroatoms. The van der Waals surface area contributed by atoms with E-state index in [1.54, 1.807) is 20.8 Å². The van der Waals surface area contributed by atoms with Gasteiger partial charge in [0.1, 0.15) is 5.60 Å². The number of hydroxylamine groups is 2. The Hall–Kier alpha value is -1.83. The Morgan fingerprint density at radius 3 is 2.32 bits per heavy atom. The van der Waals surface area contributed by atoms with Crippen LogP contribution in [0.15, 0.2) is 0 Å². The highest BCUT2D eigenvalue weighted by atomic mass is 16.8. The topological polar surface area (TPSA) is 102 Å². The molecule has 0 saturated carbocycles. The Bertz CT molecular complexity index is 387. The smallest absolute Gasteiger partial charge is 0.435 e. The Balaban J connectivity index is 2.85. The number of nitrogens with zero attached hydrogens (tertiary/aromatic N) is 1. The molecule has 0 bridgehead atoms. The van der Waals surface area contributed by atoms with E-state index in [0.29, 0.717) is 5.06 Å². The summed E-state index contributed by atoms with van der Waals surface area (Å²) in [6, 6.07) is -1.12. The molecule has 0 aromatic carbocycles. The highest BCUT2D eigenvalue weighted by Gasteiger charge is 2.46.